The van der Waals surface area contributed by atoms with E-state index in [1.807, 2.05) is 30.0 Å². The first-order chi connectivity index (χ1) is 16.2. The number of benzene rings is 2. The third-order valence-corrected chi connectivity index (χ3v) is 7.43. The number of sulfonamides is 1. The molecule has 1 aliphatic heterocycles. The second-order valence-corrected chi connectivity index (χ2v) is 10.6. The Hall–Kier alpha value is -3.15. The Morgan fingerprint density at radius 3 is 2.56 bits per heavy atom. The molecule has 9 nitrogen and oxygen atoms in total. The van der Waals surface area contributed by atoms with Crippen LogP contribution in [0.5, 0.6) is 0 Å². The van der Waals surface area contributed by atoms with Crippen LogP contribution >= 0.6 is 11.8 Å². The van der Waals surface area contributed by atoms with Crippen LogP contribution in [0.3, 0.4) is 0 Å². The van der Waals surface area contributed by atoms with Crippen molar-refractivity contribution in [2.24, 2.45) is 5.14 Å². The van der Waals surface area contributed by atoms with E-state index < -0.39 is 10.0 Å². The first kappa shape index (κ1) is 24.0. The molecule has 0 atom stereocenters. The highest BCUT2D eigenvalue weighted by Gasteiger charge is 2.24. The molecule has 0 bridgehead atoms. The van der Waals surface area contributed by atoms with Crippen LogP contribution in [-0.2, 0) is 14.8 Å². The Morgan fingerprint density at radius 1 is 1.09 bits per heavy atom. The molecule has 2 aromatic carbocycles. The van der Waals surface area contributed by atoms with Crippen LogP contribution in [0.1, 0.15) is 24.5 Å². The summed E-state index contributed by atoms with van der Waals surface area (Å²) in [5, 5.41) is 11.7. The average Bonchev–Trinajstić information content (AvgIpc) is 2.78. The van der Waals surface area contributed by atoms with Crippen LogP contribution in [0.2, 0.25) is 0 Å². The van der Waals surface area contributed by atoms with Gasteiger partial charge in [-0.05, 0) is 56.2 Å². The maximum absolute atomic E-state index is 12.4. The predicted molar refractivity (Wildman–Crippen MR) is 136 cm³/mol. The molecule has 1 aromatic heterocycles. The van der Waals surface area contributed by atoms with E-state index in [0.29, 0.717) is 35.3 Å². The summed E-state index contributed by atoms with van der Waals surface area (Å²) in [6, 6.07) is 10.8. The standard InChI is InChI=1S/C23H26N6O3S2/c1-4-9-29-18-10-16(7-8-19(18)33-13-21(29)30)26-22-15(3)12-25-23(28-22)27-17-6-5-14(2)20(11-17)34(24,31)32/h5-8,10-12H,4,9,13H2,1-3H3,(H2,24,31,32)(H2,25,26,27,28). The fourth-order valence-corrected chi connectivity index (χ4v) is 5.35. The second-order valence-electron chi connectivity index (χ2n) is 8.02. The Labute approximate surface area is 203 Å². The molecule has 0 saturated carbocycles. The number of nitrogens with one attached hydrogen (secondary N) is 2. The Kier molecular flexibility index (Phi) is 6.78. The zero-order valence-electron chi connectivity index (χ0n) is 19.1. The minimum atomic E-state index is -3.85. The number of carbonyl (C=O) groups is 1. The number of hydrogen-bond acceptors (Lipinski definition) is 8. The zero-order valence-corrected chi connectivity index (χ0v) is 20.8. The highest BCUT2D eigenvalue weighted by atomic mass is 32.2. The molecule has 4 N–H and O–H groups in total. The molecular formula is C23H26N6O3S2. The first-order valence-electron chi connectivity index (χ1n) is 10.7. The lowest BCUT2D eigenvalue weighted by molar-refractivity contribution is -0.116. The maximum Gasteiger partial charge on any atom is 0.238 e. The number of thioether (sulfide) groups is 1. The van der Waals surface area contributed by atoms with Gasteiger partial charge in [-0.15, -0.1) is 11.8 Å². The van der Waals surface area contributed by atoms with E-state index in [0.717, 1.165) is 28.3 Å². The fraction of sp³-hybridized carbons (Fsp3) is 0.261. The number of rotatable bonds is 7. The molecule has 0 spiro atoms. The number of aromatic nitrogens is 2. The van der Waals surface area contributed by atoms with E-state index in [2.05, 4.69) is 27.5 Å². The van der Waals surface area contributed by atoms with Crippen molar-refractivity contribution in [2.45, 2.75) is 37.0 Å². The van der Waals surface area contributed by atoms with E-state index in [-0.39, 0.29) is 10.8 Å². The molecule has 0 unspecified atom stereocenters. The van der Waals surface area contributed by atoms with Gasteiger partial charge in [-0.3, -0.25) is 4.79 Å². The van der Waals surface area contributed by atoms with Gasteiger partial charge in [-0.1, -0.05) is 13.0 Å². The summed E-state index contributed by atoms with van der Waals surface area (Å²) in [6.07, 6.45) is 2.55. The van der Waals surface area contributed by atoms with Gasteiger partial charge in [0.2, 0.25) is 21.9 Å². The molecule has 0 saturated heterocycles. The summed E-state index contributed by atoms with van der Waals surface area (Å²) in [4.78, 5) is 24.2. The molecule has 2 heterocycles. The van der Waals surface area contributed by atoms with Crippen LogP contribution in [0.25, 0.3) is 0 Å². The molecule has 34 heavy (non-hydrogen) atoms. The first-order valence-corrected chi connectivity index (χ1v) is 13.3. The van der Waals surface area contributed by atoms with E-state index in [1.165, 1.54) is 6.07 Å². The van der Waals surface area contributed by atoms with E-state index in [1.54, 1.807) is 37.0 Å². The van der Waals surface area contributed by atoms with Crippen LogP contribution in [0.4, 0.5) is 28.8 Å². The van der Waals surface area contributed by atoms with Crippen LogP contribution in [0, 0.1) is 13.8 Å². The third-order valence-electron chi connectivity index (χ3n) is 5.33. The molecule has 11 heteroatoms. The molecule has 1 aliphatic rings. The van der Waals surface area contributed by atoms with Crippen molar-refractivity contribution >= 4 is 56.5 Å². The molecule has 178 valence electrons. The van der Waals surface area contributed by atoms with Gasteiger partial charge < -0.3 is 15.5 Å². The summed E-state index contributed by atoms with van der Waals surface area (Å²) >= 11 is 1.55. The quantitative estimate of drug-likeness (QED) is 0.444. The highest BCUT2D eigenvalue weighted by molar-refractivity contribution is 8.00. The van der Waals surface area contributed by atoms with Gasteiger partial charge in [0.05, 0.1) is 16.3 Å². The number of amides is 1. The molecule has 3 aromatic rings. The number of hydrogen-bond donors (Lipinski definition) is 3. The van der Waals surface area contributed by atoms with Crippen molar-refractivity contribution in [1.82, 2.24) is 9.97 Å². The Balaban J connectivity index is 1.60. The minimum absolute atomic E-state index is 0.0427. The molecule has 0 radical (unpaired) electrons. The lowest BCUT2D eigenvalue weighted by atomic mass is 10.2. The van der Waals surface area contributed by atoms with Gasteiger partial charge in [-0.2, -0.15) is 4.98 Å². The van der Waals surface area contributed by atoms with Crippen molar-refractivity contribution in [3.63, 3.8) is 0 Å². The van der Waals surface area contributed by atoms with Crippen molar-refractivity contribution in [2.75, 3.05) is 27.8 Å². The van der Waals surface area contributed by atoms with Crippen molar-refractivity contribution in [1.29, 1.82) is 0 Å². The summed E-state index contributed by atoms with van der Waals surface area (Å²) in [6.45, 7) is 6.29. The van der Waals surface area contributed by atoms with Gasteiger partial charge in [0.25, 0.3) is 0 Å². The summed E-state index contributed by atoms with van der Waals surface area (Å²) in [5.41, 5.74) is 3.58. The van der Waals surface area contributed by atoms with E-state index in [9.17, 15) is 13.2 Å². The minimum Gasteiger partial charge on any atom is -0.340 e. The number of primary sulfonamides is 1. The maximum atomic E-state index is 12.4. The van der Waals surface area contributed by atoms with Crippen molar-refractivity contribution in [3.8, 4) is 0 Å². The summed E-state index contributed by atoms with van der Waals surface area (Å²) in [5.74, 6) is 1.45. The smallest absolute Gasteiger partial charge is 0.238 e. The fourth-order valence-electron chi connectivity index (χ4n) is 3.63. The largest absolute Gasteiger partial charge is 0.340 e. The molecule has 0 aliphatic carbocycles. The van der Waals surface area contributed by atoms with Gasteiger partial charge in [0, 0.05) is 34.6 Å². The number of aryl methyl sites for hydroxylation is 2. The van der Waals surface area contributed by atoms with E-state index >= 15 is 0 Å². The Morgan fingerprint density at radius 2 is 1.82 bits per heavy atom. The van der Waals surface area contributed by atoms with Crippen LogP contribution in [0.15, 0.2) is 52.4 Å². The Bertz CT molecular complexity index is 1360. The van der Waals surface area contributed by atoms with Crippen molar-refractivity contribution in [3.05, 3.63) is 53.7 Å². The van der Waals surface area contributed by atoms with E-state index in [4.69, 9.17) is 5.14 Å². The number of fused-ring (bicyclic) bond motifs is 1. The SMILES string of the molecule is CCCN1C(=O)CSc2ccc(Nc3nc(Nc4ccc(C)c(S(N)(=O)=O)c4)ncc3C)cc21. The molecule has 0 fully saturated rings. The number of carbonyl (C=O) groups excluding carboxylic acids is 1. The molecule has 1 amide bonds. The number of anilines is 5. The monoisotopic (exact) mass is 498 g/mol. The normalized spacial score (nSPS) is 13.5. The van der Waals surface area contributed by atoms with Gasteiger partial charge in [0.1, 0.15) is 5.82 Å². The lowest BCUT2D eigenvalue weighted by Crippen LogP contribution is -2.35. The van der Waals surface area contributed by atoms with Gasteiger partial charge in [-0.25, -0.2) is 18.5 Å². The molecular weight excluding hydrogens is 472 g/mol. The average molecular weight is 499 g/mol. The van der Waals surface area contributed by atoms with Crippen LogP contribution in [-0.4, -0.2) is 36.6 Å². The predicted octanol–water partition coefficient (Wildman–Crippen LogP) is 4.08. The summed E-state index contributed by atoms with van der Waals surface area (Å²) < 4.78 is 23.7. The van der Waals surface area contributed by atoms with Crippen LogP contribution < -0.4 is 20.7 Å². The second kappa shape index (κ2) is 9.61. The lowest BCUT2D eigenvalue weighted by Gasteiger charge is -2.29. The highest BCUT2D eigenvalue weighted by Crippen LogP contribution is 2.38. The molecule has 4 rings (SSSR count). The van der Waals surface area contributed by atoms with Gasteiger partial charge >= 0.3 is 0 Å². The summed E-state index contributed by atoms with van der Waals surface area (Å²) in [7, 11) is -3.85. The number of nitrogens with two attached hydrogens (primary N) is 1. The van der Waals surface area contributed by atoms with Gasteiger partial charge in [0.15, 0.2) is 0 Å². The topological polar surface area (TPSA) is 130 Å². The number of nitrogens with zero attached hydrogens (tertiary/aromatic N) is 3. The van der Waals surface area contributed by atoms with Crippen molar-refractivity contribution < 1.29 is 13.2 Å². The third kappa shape index (κ3) is 5.16. The zero-order chi connectivity index (χ0) is 24.5.